The zero-order chi connectivity index (χ0) is 15.3. The van der Waals surface area contributed by atoms with Crippen LogP contribution in [0.3, 0.4) is 0 Å². The molecular formula is C15H26N2O2S. The van der Waals surface area contributed by atoms with Gasteiger partial charge in [0.2, 0.25) is 10.0 Å². The van der Waals surface area contributed by atoms with Gasteiger partial charge in [0.05, 0.1) is 4.90 Å². The second-order valence-electron chi connectivity index (χ2n) is 5.38. The first-order chi connectivity index (χ1) is 9.35. The van der Waals surface area contributed by atoms with Gasteiger partial charge < -0.3 is 5.73 Å². The summed E-state index contributed by atoms with van der Waals surface area (Å²) in [7, 11) is -3.50. The highest BCUT2D eigenvalue weighted by molar-refractivity contribution is 7.89. The van der Waals surface area contributed by atoms with E-state index in [0.717, 1.165) is 17.5 Å². The second-order valence-corrected chi connectivity index (χ2v) is 7.06. The fraction of sp³-hybridized carbons (Fsp3) is 0.600. The molecule has 1 unspecified atom stereocenters. The Labute approximate surface area is 122 Å². The van der Waals surface area contributed by atoms with Gasteiger partial charge in [-0.15, -0.1) is 0 Å². The van der Waals surface area contributed by atoms with E-state index in [1.807, 2.05) is 39.8 Å². The molecule has 0 aliphatic heterocycles. The molecule has 0 spiro atoms. The number of benzene rings is 1. The van der Waals surface area contributed by atoms with Gasteiger partial charge in [0.1, 0.15) is 0 Å². The second kappa shape index (κ2) is 7.20. The highest BCUT2D eigenvalue weighted by Gasteiger charge is 2.23. The molecule has 1 rings (SSSR count). The highest BCUT2D eigenvalue weighted by Crippen LogP contribution is 2.20. The van der Waals surface area contributed by atoms with Crippen LogP contribution in [0.4, 0.5) is 0 Å². The summed E-state index contributed by atoms with van der Waals surface area (Å²) in [6.45, 7) is 8.33. The molecule has 4 nitrogen and oxygen atoms in total. The van der Waals surface area contributed by atoms with Crippen molar-refractivity contribution in [3.63, 3.8) is 0 Å². The van der Waals surface area contributed by atoms with Gasteiger partial charge in [-0.25, -0.2) is 13.1 Å². The van der Waals surface area contributed by atoms with Crippen molar-refractivity contribution in [3.8, 4) is 0 Å². The van der Waals surface area contributed by atoms with Crippen molar-refractivity contribution < 1.29 is 8.42 Å². The minimum atomic E-state index is -3.50. The molecule has 1 aromatic carbocycles. The number of nitrogens with two attached hydrogens (primary N) is 1. The van der Waals surface area contributed by atoms with Crippen LogP contribution in [0.1, 0.15) is 45.2 Å². The fourth-order valence-corrected chi connectivity index (χ4v) is 4.05. The van der Waals surface area contributed by atoms with Gasteiger partial charge in [-0.2, -0.15) is 0 Å². The van der Waals surface area contributed by atoms with Crippen molar-refractivity contribution in [1.29, 1.82) is 0 Å². The molecule has 20 heavy (non-hydrogen) atoms. The number of aryl methyl sites for hydroxylation is 1. The molecule has 0 aliphatic carbocycles. The summed E-state index contributed by atoms with van der Waals surface area (Å²) in [5, 5.41) is 0. The molecule has 0 amide bonds. The Balaban J connectivity index is 3.20. The van der Waals surface area contributed by atoms with Crippen molar-refractivity contribution in [2.24, 2.45) is 11.7 Å². The number of hydrogen-bond donors (Lipinski definition) is 2. The predicted octanol–water partition coefficient (Wildman–Crippen LogP) is 2.42. The van der Waals surface area contributed by atoms with E-state index in [4.69, 9.17) is 5.73 Å². The molecule has 5 heteroatoms. The first kappa shape index (κ1) is 17.1. The third-order valence-electron chi connectivity index (χ3n) is 3.59. The van der Waals surface area contributed by atoms with Crippen molar-refractivity contribution >= 4 is 10.0 Å². The molecule has 0 radical (unpaired) electrons. The lowest BCUT2D eigenvalue weighted by atomic mass is 10.0. The first-order valence-electron chi connectivity index (χ1n) is 7.19. The number of hydrogen-bond acceptors (Lipinski definition) is 3. The Hall–Kier alpha value is -0.910. The van der Waals surface area contributed by atoms with E-state index in [1.165, 1.54) is 0 Å². The molecule has 114 valence electrons. The summed E-state index contributed by atoms with van der Waals surface area (Å²) >= 11 is 0. The minimum absolute atomic E-state index is 0.0498. The lowest BCUT2D eigenvalue weighted by Gasteiger charge is -2.21. The molecule has 1 aromatic rings. The third-order valence-corrected chi connectivity index (χ3v) is 5.16. The zero-order valence-electron chi connectivity index (χ0n) is 12.8. The third kappa shape index (κ3) is 4.04. The molecule has 0 saturated carbocycles. The summed E-state index contributed by atoms with van der Waals surface area (Å²) in [4.78, 5) is 0.363. The Morgan fingerprint density at radius 2 is 1.90 bits per heavy atom. The Kier molecular flexibility index (Phi) is 6.17. The van der Waals surface area contributed by atoms with Crippen LogP contribution in [0.2, 0.25) is 0 Å². The van der Waals surface area contributed by atoms with Crippen LogP contribution in [0, 0.1) is 5.92 Å². The molecule has 1 atom stereocenters. The summed E-state index contributed by atoms with van der Waals surface area (Å²) in [5.74, 6) is 0.262. The van der Waals surface area contributed by atoms with E-state index in [0.29, 0.717) is 17.9 Å². The van der Waals surface area contributed by atoms with E-state index in [9.17, 15) is 8.42 Å². The van der Waals surface area contributed by atoms with Crippen LogP contribution >= 0.6 is 0 Å². The summed E-state index contributed by atoms with van der Waals surface area (Å²) < 4.78 is 28.0. The standard InChI is InChI=1S/C15H26N2O2S/c1-5-13-8-7-12(10-16)9-15(13)20(18,19)17-14(6-2)11(3)4/h7-9,11,14,17H,5-6,10,16H2,1-4H3. The number of rotatable bonds is 7. The smallest absolute Gasteiger partial charge is 0.241 e. The normalized spacial score (nSPS) is 13.7. The van der Waals surface area contributed by atoms with E-state index >= 15 is 0 Å². The molecule has 0 fully saturated rings. The molecular weight excluding hydrogens is 272 g/mol. The fourth-order valence-electron chi connectivity index (χ4n) is 2.22. The number of nitrogens with one attached hydrogen (secondary N) is 1. The van der Waals surface area contributed by atoms with Gasteiger partial charge in [0.15, 0.2) is 0 Å². The minimum Gasteiger partial charge on any atom is -0.326 e. The van der Waals surface area contributed by atoms with Gasteiger partial charge in [-0.3, -0.25) is 0 Å². The highest BCUT2D eigenvalue weighted by atomic mass is 32.2. The van der Waals surface area contributed by atoms with Gasteiger partial charge in [-0.1, -0.05) is 39.8 Å². The van der Waals surface area contributed by atoms with E-state index in [1.54, 1.807) is 6.07 Å². The zero-order valence-corrected chi connectivity index (χ0v) is 13.6. The monoisotopic (exact) mass is 298 g/mol. The largest absolute Gasteiger partial charge is 0.326 e. The predicted molar refractivity (Wildman–Crippen MR) is 82.9 cm³/mol. The quantitative estimate of drug-likeness (QED) is 0.812. The van der Waals surface area contributed by atoms with E-state index in [-0.39, 0.29) is 12.0 Å². The van der Waals surface area contributed by atoms with Crippen LogP contribution in [0.15, 0.2) is 23.1 Å². The van der Waals surface area contributed by atoms with Crippen LogP contribution in [-0.2, 0) is 23.0 Å². The first-order valence-corrected chi connectivity index (χ1v) is 8.68. The van der Waals surface area contributed by atoms with E-state index < -0.39 is 10.0 Å². The molecule has 0 saturated heterocycles. The van der Waals surface area contributed by atoms with Gasteiger partial charge in [0, 0.05) is 12.6 Å². The Morgan fingerprint density at radius 3 is 2.35 bits per heavy atom. The van der Waals surface area contributed by atoms with Gasteiger partial charge in [0.25, 0.3) is 0 Å². The lowest BCUT2D eigenvalue weighted by Crippen LogP contribution is -2.38. The Morgan fingerprint density at radius 1 is 1.25 bits per heavy atom. The summed E-state index contributed by atoms with van der Waals surface area (Å²) in [6, 6.07) is 5.38. The molecule has 3 N–H and O–H groups in total. The van der Waals surface area contributed by atoms with Gasteiger partial charge >= 0.3 is 0 Å². The van der Waals surface area contributed by atoms with Crippen molar-refractivity contribution in [2.45, 2.75) is 58.0 Å². The number of sulfonamides is 1. The van der Waals surface area contributed by atoms with Crippen molar-refractivity contribution in [3.05, 3.63) is 29.3 Å². The average molecular weight is 298 g/mol. The van der Waals surface area contributed by atoms with Crippen LogP contribution < -0.4 is 10.5 Å². The Bertz CT molecular complexity index is 539. The van der Waals surface area contributed by atoms with Crippen LogP contribution in [0.25, 0.3) is 0 Å². The van der Waals surface area contributed by atoms with Crippen molar-refractivity contribution in [1.82, 2.24) is 4.72 Å². The lowest BCUT2D eigenvalue weighted by molar-refractivity contribution is 0.437. The van der Waals surface area contributed by atoms with Crippen LogP contribution in [-0.4, -0.2) is 14.5 Å². The summed E-state index contributed by atoms with van der Waals surface area (Å²) in [5.41, 5.74) is 7.27. The van der Waals surface area contributed by atoms with Crippen LogP contribution in [0.5, 0.6) is 0 Å². The maximum atomic E-state index is 12.6. The molecule has 0 aromatic heterocycles. The maximum absolute atomic E-state index is 12.6. The molecule has 0 bridgehead atoms. The van der Waals surface area contributed by atoms with E-state index in [2.05, 4.69) is 4.72 Å². The topological polar surface area (TPSA) is 72.2 Å². The maximum Gasteiger partial charge on any atom is 0.241 e. The summed E-state index contributed by atoms with van der Waals surface area (Å²) in [6.07, 6.45) is 1.45. The molecule has 0 aliphatic rings. The SMILES string of the molecule is CCc1ccc(CN)cc1S(=O)(=O)NC(CC)C(C)C. The average Bonchev–Trinajstić information content (AvgIpc) is 2.43. The van der Waals surface area contributed by atoms with Crippen molar-refractivity contribution in [2.75, 3.05) is 0 Å². The molecule has 0 heterocycles. The van der Waals surface area contributed by atoms with Gasteiger partial charge in [-0.05, 0) is 36.0 Å².